The number of nitrogens with zero attached hydrogens (tertiary/aromatic N) is 3. The number of hydrogen-bond donors (Lipinski definition) is 2. The largest absolute Gasteiger partial charge is 0.416 e. The lowest BCUT2D eigenvalue weighted by atomic mass is 9.94. The summed E-state index contributed by atoms with van der Waals surface area (Å²) in [6.07, 6.45) is 2.46. The van der Waals surface area contributed by atoms with Gasteiger partial charge in [0.2, 0.25) is 0 Å². The Morgan fingerprint density at radius 2 is 1.65 bits per heavy atom. The molecule has 3 heterocycles. The highest BCUT2D eigenvalue weighted by atomic mass is 19.4. The third kappa shape index (κ3) is 5.30. The molecule has 2 aliphatic rings. The molecular formula is C23H29F3N4O. The van der Waals surface area contributed by atoms with Gasteiger partial charge in [-0.1, -0.05) is 0 Å². The van der Waals surface area contributed by atoms with Gasteiger partial charge in [-0.2, -0.15) is 13.2 Å². The predicted molar refractivity (Wildman–Crippen MR) is 115 cm³/mol. The number of piperidine rings is 1. The Balaban J connectivity index is 1.27. The molecule has 8 heteroatoms. The van der Waals surface area contributed by atoms with Crippen molar-refractivity contribution in [1.82, 2.24) is 10.3 Å². The Labute approximate surface area is 180 Å². The second kappa shape index (κ2) is 9.44. The van der Waals surface area contributed by atoms with Crippen LogP contribution in [0.3, 0.4) is 0 Å². The standard InChI is InChI=1S/C23H29F3N4O/c24-23(25,26)18-3-5-20(6-4-18)30-13-1-2-21(30)16-28-22(31)17-9-14-29(15-10-17)19-7-11-27-12-8-19/h3-8,11-12,17,21-22,28,31H,1-2,9-10,13-16H2/t21-,22?/m1/s1. The summed E-state index contributed by atoms with van der Waals surface area (Å²) in [7, 11) is 0. The van der Waals surface area contributed by atoms with Crippen LogP contribution in [0.4, 0.5) is 24.5 Å². The fourth-order valence-electron chi connectivity index (χ4n) is 4.68. The molecule has 31 heavy (non-hydrogen) atoms. The molecular weight excluding hydrogens is 405 g/mol. The predicted octanol–water partition coefficient (Wildman–Crippen LogP) is 3.89. The van der Waals surface area contributed by atoms with Gasteiger partial charge in [0.25, 0.3) is 0 Å². The smallest absolute Gasteiger partial charge is 0.378 e. The van der Waals surface area contributed by atoms with Gasteiger partial charge in [0.1, 0.15) is 6.23 Å². The maximum absolute atomic E-state index is 12.8. The van der Waals surface area contributed by atoms with E-state index in [9.17, 15) is 18.3 Å². The highest BCUT2D eigenvalue weighted by molar-refractivity contribution is 5.50. The first-order valence-electron chi connectivity index (χ1n) is 10.9. The zero-order valence-corrected chi connectivity index (χ0v) is 17.4. The van der Waals surface area contributed by atoms with Crippen molar-refractivity contribution in [2.45, 2.75) is 44.1 Å². The summed E-state index contributed by atoms with van der Waals surface area (Å²) in [5.41, 5.74) is 1.34. The Morgan fingerprint density at radius 3 is 2.29 bits per heavy atom. The summed E-state index contributed by atoms with van der Waals surface area (Å²) < 4.78 is 38.5. The molecule has 2 fully saturated rings. The number of aliphatic hydroxyl groups excluding tert-OH is 1. The molecule has 1 aromatic heterocycles. The normalized spacial score (nSPS) is 21.5. The Bertz CT molecular complexity index is 823. The van der Waals surface area contributed by atoms with Crippen LogP contribution in [0.25, 0.3) is 0 Å². The van der Waals surface area contributed by atoms with Crippen molar-refractivity contribution in [3.63, 3.8) is 0 Å². The molecule has 2 aromatic rings. The van der Waals surface area contributed by atoms with Crippen LogP contribution in [-0.4, -0.2) is 48.5 Å². The molecule has 1 unspecified atom stereocenters. The molecule has 0 radical (unpaired) electrons. The molecule has 0 aliphatic carbocycles. The summed E-state index contributed by atoms with van der Waals surface area (Å²) in [6.45, 7) is 3.23. The van der Waals surface area contributed by atoms with Gasteiger partial charge >= 0.3 is 6.18 Å². The number of pyridine rings is 1. The SMILES string of the molecule is OC(NC[C@H]1CCCN1c1ccc(C(F)(F)F)cc1)C1CCN(c2ccncc2)CC1. The monoisotopic (exact) mass is 434 g/mol. The second-order valence-corrected chi connectivity index (χ2v) is 8.42. The Kier molecular flexibility index (Phi) is 6.67. The zero-order valence-electron chi connectivity index (χ0n) is 17.4. The van der Waals surface area contributed by atoms with Gasteiger partial charge < -0.3 is 14.9 Å². The van der Waals surface area contributed by atoms with Crippen molar-refractivity contribution >= 4 is 11.4 Å². The molecule has 5 nitrogen and oxygen atoms in total. The molecule has 2 atom stereocenters. The van der Waals surface area contributed by atoms with Crippen molar-refractivity contribution in [3.8, 4) is 0 Å². The van der Waals surface area contributed by atoms with Crippen molar-refractivity contribution in [3.05, 3.63) is 54.4 Å². The average Bonchev–Trinajstić information content (AvgIpc) is 3.26. The van der Waals surface area contributed by atoms with Crippen LogP contribution in [-0.2, 0) is 6.18 Å². The van der Waals surface area contributed by atoms with Gasteiger partial charge in [-0.3, -0.25) is 10.3 Å². The lowest BCUT2D eigenvalue weighted by molar-refractivity contribution is -0.137. The number of aliphatic hydroxyl groups is 1. The number of halogens is 3. The van der Waals surface area contributed by atoms with Crippen LogP contribution in [0.1, 0.15) is 31.2 Å². The molecule has 0 saturated carbocycles. The summed E-state index contributed by atoms with van der Waals surface area (Å²) >= 11 is 0. The van der Waals surface area contributed by atoms with Crippen LogP contribution >= 0.6 is 0 Å². The van der Waals surface area contributed by atoms with E-state index < -0.39 is 18.0 Å². The van der Waals surface area contributed by atoms with Gasteiger partial charge in [0.15, 0.2) is 0 Å². The molecule has 0 spiro atoms. The summed E-state index contributed by atoms with van der Waals surface area (Å²) in [6, 6.07) is 9.56. The summed E-state index contributed by atoms with van der Waals surface area (Å²) in [5, 5.41) is 14.0. The van der Waals surface area contributed by atoms with Crippen LogP contribution in [0, 0.1) is 5.92 Å². The topological polar surface area (TPSA) is 51.6 Å². The van der Waals surface area contributed by atoms with Crippen molar-refractivity contribution in [2.75, 3.05) is 36.0 Å². The second-order valence-electron chi connectivity index (χ2n) is 8.42. The van der Waals surface area contributed by atoms with Crippen LogP contribution in [0.2, 0.25) is 0 Å². The summed E-state index contributed by atoms with van der Waals surface area (Å²) in [5.74, 6) is 0.194. The van der Waals surface area contributed by atoms with E-state index in [1.54, 1.807) is 24.5 Å². The Morgan fingerprint density at radius 1 is 0.968 bits per heavy atom. The van der Waals surface area contributed by atoms with Gasteiger partial charge in [0, 0.05) is 61.9 Å². The van der Waals surface area contributed by atoms with Gasteiger partial charge in [-0.25, -0.2) is 0 Å². The van der Waals surface area contributed by atoms with E-state index in [0.717, 1.165) is 68.8 Å². The fraction of sp³-hybridized carbons (Fsp3) is 0.522. The fourth-order valence-corrected chi connectivity index (χ4v) is 4.68. The quantitative estimate of drug-likeness (QED) is 0.676. The molecule has 0 amide bonds. The molecule has 4 rings (SSSR count). The number of rotatable bonds is 6. The van der Waals surface area contributed by atoms with Gasteiger partial charge in [0.05, 0.1) is 5.56 Å². The minimum Gasteiger partial charge on any atom is -0.378 e. The van der Waals surface area contributed by atoms with Crippen LogP contribution in [0.15, 0.2) is 48.8 Å². The number of anilines is 2. The molecule has 2 aliphatic heterocycles. The third-order valence-electron chi connectivity index (χ3n) is 6.48. The van der Waals surface area contributed by atoms with Crippen molar-refractivity contribution in [2.24, 2.45) is 5.92 Å². The number of alkyl halides is 3. The highest BCUT2D eigenvalue weighted by Gasteiger charge is 2.32. The van der Waals surface area contributed by atoms with E-state index in [-0.39, 0.29) is 12.0 Å². The summed E-state index contributed by atoms with van der Waals surface area (Å²) in [4.78, 5) is 8.52. The number of hydrogen-bond acceptors (Lipinski definition) is 5. The van der Waals surface area contributed by atoms with Gasteiger partial charge in [-0.05, 0) is 62.1 Å². The molecule has 2 N–H and O–H groups in total. The zero-order chi connectivity index (χ0) is 21.8. The van der Waals surface area contributed by atoms with E-state index in [2.05, 4.69) is 20.1 Å². The highest BCUT2D eigenvalue weighted by Crippen LogP contribution is 2.32. The Hall–Kier alpha value is -2.32. The van der Waals surface area contributed by atoms with Crippen molar-refractivity contribution < 1.29 is 18.3 Å². The average molecular weight is 435 g/mol. The van der Waals surface area contributed by atoms with E-state index in [1.165, 1.54) is 0 Å². The van der Waals surface area contributed by atoms with E-state index >= 15 is 0 Å². The number of benzene rings is 1. The lowest BCUT2D eigenvalue weighted by Crippen LogP contribution is -2.47. The molecule has 168 valence electrons. The van der Waals surface area contributed by atoms with Crippen LogP contribution in [0.5, 0.6) is 0 Å². The van der Waals surface area contributed by atoms with E-state index in [4.69, 9.17) is 0 Å². The number of aromatic nitrogens is 1. The minimum atomic E-state index is -4.32. The van der Waals surface area contributed by atoms with Crippen molar-refractivity contribution in [1.29, 1.82) is 0 Å². The van der Waals surface area contributed by atoms with E-state index in [1.807, 2.05) is 12.1 Å². The molecule has 2 saturated heterocycles. The van der Waals surface area contributed by atoms with E-state index in [0.29, 0.717) is 6.54 Å². The first kappa shape index (κ1) is 21.9. The van der Waals surface area contributed by atoms with Crippen LogP contribution < -0.4 is 15.1 Å². The number of nitrogens with one attached hydrogen (secondary N) is 1. The molecule has 1 aromatic carbocycles. The third-order valence-corrected chi connectivity index (χ3v) is 6.48. The maximum atomic E-state index is 12.8. The molecule has 0 bridgehead atoms. The maximum Gasteiger partial charge on any atom is 0.416 e. The minimum absolute atomic E-state index is 0.170. The first-order chi connectivity index (χ1) is 14.9. The lowest BCUT2D eigenvalue weighted by Gasteiger charge is -2.36. The van der Waals surface area contributed by atoms with Gasteiger partial charge in [-0.15, -0.1) is 0 Å². The first-order valence-corrected chi connectivity index (χ1v) is 10.9.